The predicted molar refractivity (Wildman–Crippen MR) is 157 cm³/mol. The fourth-order valence-electron chi connectivity index (χ4n) is 7.16. The molecule has 4 atom stereocenters. The van der Waals surface area contributed by atoms with Crippen molar-refractivity contribution >= 4 is 22.6 Å². The van der Waals surface area contributed by atoms with E-state index in [0.29, 0.717) is 55.0 Å². The van der Waals surface area contributed by atoms with Gasteiger partial charge in [-0.15, -0.1) is 0 Å². The molecule has 4 aliphatic rings. The number of nitriles is 1. The molecule has 0 radical (unpaired) electrons. The average Bonchev–Trinajstić information content (AvgIpc) is 3.48. The molecule has 0 N–H and O–H groups in total. The van der Waals surface area contributed by atoms with E-state index in [1.807, 2.05) is 17.0 Å². The number of anilines is 1. The molecule has 1 saturated carbocycles. The number of piperazine rings is 1. The number of hydrogen-bond donors (Lipinski definition) is 0. The van der Waals surface area contributed by atoms with Gasteiger partial charge in [0.05, 0.1) is 23.9 Å². The molecule has 42 heavy (non-hydrogen) atoms. The molecular weight excluding hydrogens is 533 g/mol. The smallest absolute Gasteiger partial charge is 0.319 e. The highest BCUT2D eigenvalue weighted by Gasteiger charge is 2.46. The van der Waals surface area contributed by atoms with Gasteiger partial charge in [0, 0.05) is 37.4 Å². The molecule has 10 heteroatoms. The molecule has 3 aromatic rings. The van der Waals surface area contributed by atoms with E-state index in [9.17, 15) is 10.1 Å². The Bertz CT molecular complexity index is 1620. The molecule has 2 aromatic heterocycles. The third kappa shape index (κ3) is 4.56. The van der Waals surface area contributed by atoms with Gasteiger partial charge in [-0.3, -0.25) is 9.78 Å². The minimum atomic E-state index is -0.481. The highest BCUT2D eigenvalue weighted by molar-refractivity contribution is 5.93. The van der Waals surface area contributed by atoms with E-state index in [-0.39, 0.29) is 35.9 Å². The van der Waals surface area contributed by atoms with Gasteiger partial charge in [-0.05, 0) is 68.3 Å². The van der Waals surface area contributed by atoms with Gasteiger partial charge in [-0.1, -0.05) is 24.8 Å². The first-order valence-corrected chi connectivity index (χ1v) is 14.8. The number of rotatable bonds is 7. The maximum atomic E-state index is 16.6. The normalized spacial score (nSPS) is 24.8. The second-order valence-corrected chi connectivity index (χ2v) is 12.0. The number of likely N-dealkylation sites (tertiary alicyclic amines) is 1. The average molecular weight is 568 g/mol. The standard InChI is InChI=1S/C32H34FN7O2/c1-3-26(41)40-13-12-39(17-21(40)9-10-34)31-25-16-35-29(23-8-4-6-19-14-20-15-24(20)27(19)23)28(33)30(25)36-32(37-31)42-18-22-7-5-11-38(22)2/h3-4,6,8,16,20-22,24H,1,5,7,9,11-15,17-18H2,2H3/t20-,21+,22+,24+/m1/s1. The van der Waals surface area contributed by atoms with Crippen molar-refractivity contribution < 1.29 is 13.9 Å². The summed E-state index contributed by atoms with van der Waals surface area (Å²) in [7, 11) is 2.08. The van der Waals surface area contributed by atoms with Gasteiger partial charge < -0.3 is 19.4 Å². The summed E-state index contributed by atoms with van der Waals surface area (Å²) in [5, 5.41) is 9.96. The summed E-state index contributed by atoms with van der Waals surface area (Å²) >= 11 is 0. The summed E-state index contributed by atoms with van der Waals surface area (Å²) in [6.45, 7) is 6.24. The number of halogens is 1. The van der Waals surface area contributed by atoms with Crippen molar-refractivity contribution in [2.75, 3.05) is 44.7 Å². The Morgan fingerprint density at radius 3 is 2.93 bits per heavy atom. The summed E-state index contributed by atoms with van der Waals surface area (Å²) in [6.07, 6.45) is 7.43. The number of pyridine rings is 1. The number of nitrogens with zero attached hydrogens (tertiary/aromatic N) is 7. The summed E-state index contributed by atoms with van der Waals surface area (Å²) < 4.78 is 22.7. The number of ether oxygens (including phenoxy) is 1. The lowest BCUT2D eigenvalue weighted by Gasteiger charge is -2.41. The van der Waals surface area contributed by atoms with E-state index in [0.717, 1.165) is 37.8 Å². The van der Waals surface area contributed by atoms with Gasteiger partial charge in [-0.2, -0.15) is 15.2 Å². The van der Waals surface area contributed by atoms with Gasteiger partial charge >= 0.3 is 6.01 Å². The molecule has 0 bridgehead atoms. The van der Waals surface area contributed by atoms with Crippen LogP contribution in [0.25, 0.3) is 22.2 Å². The number of aromatic nitrogens is 3. The molecule has 7 rings (SSSR count). The van der Waals surface area contributed by atoms with Crippen LogP contribution in [0, 0.1) is 23.1 Å². The van der Waals surface area contributed by atoms with Gasteiger partial charge in [0.15, 0.2) is 5.82 Å². The van der Waals surface area contributed by atoms with Crippen LogP contribution in [0.15, 0.2) is 37.1 Å². The molecule has 3 fully saturated rings. The monoisotopic (exact) mass is 567 g/mol. The molecule has 2 aliphatic heterocycles. The molecule has 1 aromatic carbocycles. The van der Waals surface area contributed by atoms with Crippen molar-refractivity contribution in [3.63, 3.8) is 0 Å². The topological polar surface area (TPSA) is 98.5 Å². The zero-order chi connectivity index (χ0) is 29.0. The van der Waals surface area contributed by atoms with E-state index in [4.69, 9.17) is 9.72 Å². The van der Waals surface area contributed by atoms with Crippen molar-refractivity contribution in [2.24, 2.45) is 5.92 Å². The van der Waals surface area contributed by atoms with Crippen LogP contribution >= 0.6 is 0 Å². The Labute approximate surface area is 244 Å². The molecule has 2 saturated heterocycles. The van der Waals surface area contributed by atoms with Crippen molar-refractivity contribution in [3.8, 4) is 23.3 Å². The maximum absolute atomic E-state index is 16.6. The van der Waals surface area contributed by atoms with Gasteiger partial charge in [-0.25, -0.2) is 4.39 Å². The first-order valence-electron chi connectivity index (χ1n) is 14.8. The van der Waals surface area contributed by atoms with Crippen LogP contribution in [-0.4, -0.2) is 82.6 Å². The number of likely N-dealkylation sites (N-methyl/N-ethyl adjacent to an activating group) is 1. The number of fused-ring (bicyclic) bond motifs is 4. The number of benzene rings is 1. The molecule has 0 spiro atoms. The SMILES string of the molecule is C=CC(=O)N1CCN(c2nc(OC[C@@H]3CCCN3C)nc3c(F)c(-c4cccc5c4[C@H]4C[C@H]4C5)ncc23)C[C@@H]1CC#N. The lowest BCUT2D eigenvalue weighted by Crippen LogP contribution is -2.55. The summed E-state index contributed by atoms with van der Waals surface area (Å²) in [5.74, 6) is 0.966. The first-order chi connectivity index (χ1) is 20.5. The number of amides is 1. The molecule has 9 nitrogen and oxygen atoms in total. The van der Waals surface area contributed by atoms with Crippen LogP contribution in [0.2, 0.25) is 0 Å². The molecule has 4 heterocycles. The molecular formula is C32H34FN7O2. The minimum Gasteiger partial charge on any atom is -0.462 e. The Kier molecular flexibility index (Phi) is 6.77. The first kappa shape index (κ1) is 26.8. The lowest BCUT2D eigenvalue weighted by molar-refractivity contribution is -0.128. The highest BCUT2D eigenvalue weighted by Crippen LogP contribution is 2.58. The van der Waals surface area contributed by atoms with E-state index >= 15 is 4.39 Å². The fraction of sp³-hybridized carbons (Fsp3) is 0.469. The fourth-order valence-corrected chi connectivity index (χ4v) is 7.16. The van der Waals surface area contributed by atoms with Crippen molar-refractivity contribution in [1.29, 1.82) is 5.26 Å². The summed E-state index contributed by atoms with van der Waals surface area (Å²) in [5.41, 5.74) is 3.84. The second kappa shape index (κ2) is 10.6. The third-order valence-corrected chi connectivity index (χ3v) is 9.51. The summed E-state index contributed by atoms with van der Waals surface area (Å²) in [4.78, 5) is 32.5. The number of carbonyl (C=O) groups excluding carboxylic acids is 1. The minimum absolute atomic E-state index is 0.121. The summed E-state index contributed by atoms with van der Waals surface area (Å²) in [6, 6.07) is 8.31. The number of carbonyl (C=O) groups is 1. The van der Waals surface area contributed by atoms with Gasteiger partial charge in [0.2, 0.25) is 5.91 Å². The third-order valence-electron chi connectivity index (χ3n) is 9.51. The van der Waals surface area contributed by atoms with Gasteiger partial charge in [0.1, 0.15) is 23.6 Å². The van der Waals surface area contributed by atoms with Crippen molar-refractivity contribution in [2.45, 2.75) is 50.1 Å². The van der Waals surface area contributed by atoms with Crippen LogP contribution < -0.4 is 9.64 Å². The lowest BCUT2D eigenvalue weighted by atomic mass is 9.96. The van der Waals surface area contributed by atoms with Crippen LogP contribution in [-0.2, 0) is 11.2 Å². The highest BCUT2D eigenvalue weighted by atomic mass is 19.1. The van der Waals surface area contributed by atoms with E-state index in [2.05, 4.69) is 40.6 Å². The molecule has 0 unspecified atom stereocenters. The predicted octanol–water partition coefficient (Wildman–Crippen LogP) is 4.08. The van der Waals surface area contributed by atoms with E-state index < -0.39 is 5.82 Å². The Hall–Kier alpha value is -4.10. The van der Waals surface area contributed by atoms with E-state index in [1.54, 1.807) is 11.1 Å². The quantitative estimate of drug-likeness (QED) is 0.394. The zero-order valence-corrected chi connectivity index (χ0v) is 23.8. The Morgan fingerprint density at radius 2 is 2.14 bits per heavy atom. The molecule has 1 amide bonds. The van der Waals surface area contributed by atoms with Crippen LogP contribution in [0.3, 0.4) is 0 Å². The zero-order valence-electron chi connectivity index (χ0n) is 23.8. The second-order valence-electron chi connectivity index (χ2n) is 12.0. The van der Waals surface area contributed by atoms with Crippen LogP contribution in [0.5, 0.6) is 6.01 Å². The van der Waals surface area contributed by atoms with Crippen LogP contribution in [0.1, 0.15) is 42.7 Å². The number of hydrogen-bond acceptors (Lipinski definition) is 8. The van der Waals surface area contributed by atoms with E-state index in [1.165, 1.54) is 17.2 Å². The molecule has 216 valence electrons. The maximum Gasteiger partial charge on any atom is 0.319 e. The largest absolute Gasteiger partial charge is 0.462 e. The Morgan fingerprint density at radius 1 is 1.26 bits per heavy atom. The Balaban J connectivity index is 1.30. The van der Waals surface area contributed by atoms with Gasteiger partial charge in [0.25, 0.3) is 0 Å². The molecule has 2 aliphatic carbocycles. The van der Waals surface area contributed by atoms with Crippen LogP contribution in [0.4, 0.5) is 10.2 Å². The van der Waals surface area contributed by atoms with Crippen molar-refractivity contribution in [3.05, 3.63) is 54.0 Å². The van der Waals surface area contributed by atoms with Crippen molar-refractivity contribution in [1.82, 2.24) is 24.8 Å².